The van der Waals surface area contributed by atoms with E-state index in [1.54, 1.807) is 48.2 Å². The molecule has 3 heterocycles. The molecule has 4 rings (SSSR count). The molecule has 206 valence electrons. The lowest BCUT2D eigenvalue weighted by Crippen LogP contribution is -2.51. The standard InChI is InChI=1S/C30H36N4O5/c1-17-18(2)27(35)32(6)16-23(17)19-9-24(38-7)26(25(10-19)39-8)29(37)34-15-21-11-22(34)14-33(21)28(36)20(13-31)12-30(3,4)5/h9-10,12,16,21-22H,11,14-15H2,1-8H3/b20-12+. The van der Waals surface area contributed by atoms with Gasteiger partial charge < -0.3 is 23.8 Å². The molecule has 0 radical (unpaired) electrons. The average Bonchev–Trinajstić information content (AvgIpc) is 3.52. The fourth-order valence-electron chi connectivity index (χ4n) is 5.58. The third kappa shape index (κ3) is 5.03. The van der Waals surface area contributed by atoms with E-state index in [1.165, 1.54) is 18.8 Å². The van der Waals surface area contributed by atoms with Crippen LogP contribution in [0.5, 0.6) is 11.5 Å². The van der Waals surface area contributed by atoms with Gasteiger partial charge in [0.2, 0.25) is 0 Å². The fourth-order valence-corrected chi connectivity index (χ4v) is 5.58. The van der Waals surface area contributed by atoms with E-state index in [0.29, 0.717) is 42.1 Å². The van der Waals surface area contributed by atoms with Crippen molar-refractivity contribution in [3.8, 4) is 28.7 Å². The molecule has 2 bridgehead atoms. The van der Waals surface area contributed by atoms with Crippen LogP contribution in [0.1, 0.15) is 48.7 Å². The van der Waals surface area contributed by atoms with Crippen molar-refractivity contribution >= 4 is 11.8 Å². The monoisotopic (exact) mass is 532 g/mol. The van der Waals surface area contributed by atoms with Crippen molar-refractivity contribution in [2.75, 3.05) is 27.3 Å². The molecule has 9 nitrogen and oxygen atoms in total. The summed E-state index contributed by atoms with van der Waals surface area (Å²) in [5.74, 6) is 0.232. The van der Waals surface area contributed by atoms with Crippen molar-refractivity contribution in [2.24, 2.45) is 12.5 Å². The van der Waals surface area contributed by atoms with Crippen LogP contribution in [0.4, 0.5) is 0 Å². The van der Waals surface area contributed by atoms with Gasteiger partial charge in [-0.05, 0) is 48.9 Å². The van der Waals surface area contributed by atoms with E-state index < -0.39 is 0 Å². The summed E-state index contributed by atoms with van der Waals surface area (Å²) in [6.45, 7) is 10.3. The minimum absolute atomic E-state index is 0.0608. The number of rotatable bonds is 5. The second-order valence-electron chi connectivity index (χ2n) is 11.5. The molecule has 9 heteroatoms. The van der Waals surface area contributed by atoms with Gasteiger partial charge in [0, 0.05) is 37.5 Å². The van der Waals surface area contributed by atoms with E-state index in [0.717, 1.165) is 16.7 Å². The van der Waals surface area contributed by atoms with Crippen LogP contribution < -0.4 is 15.0 Å². The van der Waals surface area contributed by atoms with Gasteiger partial charge in [-0.15, -0.1) is 0 Å². The van der Waals surface area contributed by atoms with Crippen molar-refractivity contribution < 1.29 is 19.1 Å². The first-order valence-electron chi connectivity index (χ1n) is 13.0. The highest BCUT2D eigenvalue weighted by molar-refractivity contribution is 6.02. The van der Waals surface area contributed by atoms with Crippen molar-refractivity contribution in [2.45, 2.75) is 53.1 Å². The summed E-state index contributed by atoms with van der Waals surface area (Å²) in [6.07, 6.45) is 4.13. The highest BCUT2D eigenvalue weighted by Crippen LogP contribution is 2.40. The average molecular weight is 533 g/mol. The predicted octanol–water partition coefficient (Wildman–Crippen LogP) is 3.61. The normalized spacial score (nSPS) is 18.8. The molecule has 39 heavy (non-hydrogen) atoms. The predicted molar refractivity (Wildman–Crippen MR) is 148 cm³/mol. The topological polar surface area (TPSA) is 105 Å². The lowest BCUT2D eigenvalue weighted by molar-refractivity contribution is -0.128. The van der Waals surface area contributed by atoms with Gasteiger partial charge in [-0.1, -0.05) is 26.8 Å². The maximum atomic E-state index is 13.9. The summed E-state index contributed by atoms with van der Waals surface area (Å²) >= 11 is 0. The van der Waals surface area contributed by atoms with Crippen LogP contribution >= 0.6 is 0 Å². The molecular formula is C30H36N4O5. The molecule has 0 N–H and O–H groups in total. The Bertz CT molecular complexity index is 1450. The maximum Gasteiger partial charge on any atom is 0.264 e. The highest BCUT2D eigenvalue weighted by Gasteiger charge is 2.48. The molecule has 2 atom stereocenters. The second-order valence-corrected chi connectivity index (χ2v) is 11.5. The Balaban J connectivity index is 1.64. The van der Waals surface area contributed by atoms with Gasteiger partial charge >= 0.3 is 0 Å². The third-order valence-electron chi connectivity index (χ3n) is 7.65. The molecule has 2 fully saturated rings. The number of piperazine rings is 1. The van der Waals surface area contributed by atoms with E-state index in [-0.39, 0.29) is 40.4 Å². The molecule has 2 saturated heterocycles. The number of aromatic nitrogens is 1. The van der Waals surface area contributed by atoms with Crippen LogP contribution in [-0.2, 0) is 11.8 Å². The molecule has 0 spiro atoms. The molecule has 0 saturated carbocycles. The van der Waals surface area contributed by atoms with Crippen LogP contribution in [0, 0.1) is 30.6 Å². The van der Waals surface area contributed by atoms with Crippen molar-refractivity contribution in [1.29, 1.82) is 5.26 Å². The number of methoxy groups -OCH3 is 2. The van der Waals surface area contributed by atoms with E-state index in [1.807, 2.05) is 27.7 Å². The van der Waals surface area contributed by atoms with Gasteiger partial charge in [0.25, 0.3) is 17.4 Å². The molecule has 0 aliphatic carbocycles. The maximum absolute atomic E-state index is 13.9. The number of hydrogen-bond acceptors (Lipinski definition) is 6. The summed E-state index contributed by atoms with van der Waals surface area (Å²) in [5.41, 5.74) is 3.20. The summed E-state index contributed by atoms with van der Waals surface area (Å²) in [5, 5.41) is 9.59. The largest absolute Gasteiger partial charge is 0.496 e. The Morgan fingerprint density at radius 2 is 1.59 bits per heavy atom. The van der Waals surface area contributed by atoms with Crippen molar-refractivity contribution in [3.63, 3.8) is 0 Å². The molecule has 2 unspecified atom stereocenters. The Labute approximate surface area is 229 Å². The molecule has 1 aromatic carbocycles. The Morgan fingerprint density at radius 1 is 1.03 bits per heavy atom. The third-order valence-corrected chi connectivity index (χ3v) is 7.65. The second kappa shape index (κ2) is 10.3. The Hall–Kier alpha value is -4.06. The van der Waals surface area contributed by atoms with Crippen LogP contribution in [0.2, 0.25) is 0 Å². The first-order chi connectivity index (χ1) is 18.3. The number of nitrogens with zero attached hydrogens (tertiary/aromatic N) is 4. The number of fused-ring (bicyclic) bond motifs is 2. The zero-order valence-corrected chi connectivity index (χ0v) is 23.9. The fraction of sp³-hybridized carbons (Fsp3) is 0.467. The van der Waals surface area contributed by atoms with Gasteiger partial charge in [-0.2, -0.15) is 5.26 Å². The number of benzene rings is 1. The number of pyridine rings is 1. The number of likely N-dealkylation sites (tertiary alicyclic amines) is 2. The highest BCUT2D eigenvalue weighted by atomic mass is 16.5. The number of ether oxygens (including phenoxy) is 2. The van der Waals surface area contributed by atoms with Gasteiger partial charge in [0.1, 0.15) is 28.7 Å². The van der Waals surface area contributed by atoms with E-state index in [9.17, 15) is 19.6 Å². The lowest BCUT2D eigenvalue weighted by atomic mass is 9.93. The van der Waals surface area contributed by atoms with E-state index in [4.69, 9.17) is 9.47 Å². The zero-order chi connectivity index (χ0) is 28.8. The first-order valence-corrected chi connectivity index (χ1v) is 13.0. The molecule has 2 aliphatic rings. The zero-order valence-electron chi connectivity index (χ0n) is 23.9. The summed E-state index contributed by atoms with van der Waals surface area (Å²) < 4.78 is 12.9. The summed E-state index contributed by atoms with van der Waals surface area (Å²) in [6, 6.07) is 5.32. The molecule has 2 aromatic rings. The van der Waals surface area contributed by atoms with Crippen molar-refractivity contribution in [1.82, 2.24) is 14.4 Å². The summed E-state index contributed by atoms with van der Waals surface area (Å²) in [4.78, 5) is 42.9. The lowest BCUT2D eigenvalue weighted by Gasteiger charge is -2.35. The first kappa shape index (κ1) is 28.0. The van der Waals surface area contributed by atoms with Crippen LogP contribution in [0.3, 0.4) is 0 Å². The van der Waals surface area contributed by atoms with Gasteiger partial charge in [-0.25, -0.2) is 0 Å². The quantitative estimate of drug-likeness (QED) is 0.430. The Morgan fingerprint density at radius 3 is 2.08 bits per heavy atom. The van der Waals surface area contributed by atoms with Crippen LogP contribution in [-0.4, -0.2) is 65.6 Å². The molecule has 1 aromatic heterocycles. The minimum Gasteiger partial charge on any atom is -0.496 e. The Kier molecular flexibility index (Phi) is 7.35. The van der Waals surface area contributed by atoms with Gasteiger partial charge in [-0.3, -0.25) is 14.4 Å². The molecular weight excluding hydrogens is 496 g/mol. The number of carbonyl (C=O) groups is 2. The minimum atomic E-state index is -0.299. The number of allylic oxidation sites excluding steroid dienone is 1. The number of amides is 2. The van der Waals surface area contributed by atoms with E-state index in [2.05, 4.69) is 6.07 Å². The molecule has 2 aliphatic heterocycles. The van der Waals surface area contributed by atoms with E-state index >= 15 is 0 Å². The van der Waals surface area contributed by atoms with Crippen molar-refractivity contribution in [3.05, 3.63) is 57.0 Å². The molecule has 2 amide bonds. The number of nitriles is 1. The summed E-state index contributed by atoms with van der Waals surface area (Å²) in [7, 11) is 4.73. The number of aryl methyl sites for hydroxylation is 1. The number of carbonyl (C=O) groups excluding carboxylic acids is 2. The van der Waals surface area contributed by atoms with Crippen LogP contribution in [0.25, 0.3) is 11.1 Å². The van der Waals surface area contributed by atoms with Gasteiger partial charge in [0.05, 0.1) is 26.3 Å². The SMILES string of the molecule is COc1cc(-c2cn(C)c(=O)c(C)c2C)cc(OC)c1C(=O)N1CC2CC1CN2C(=O)/C(C#N)=C/C(C)(C)C. The van der Waals surface area contributed by atoms with Crippen LogP contribution in [0.15, 0.2) is 34.8 Å². The smallest absolute Gasteiger partial charge is 0.264 e. The van der Waals surface area contributed by atoms with Gasteiger partial charge in [0.15, 0.2) is 0 Å². The number of hydrogen-bond donors (Lipinski definition) is 0.